The lowest BCUT2D eigenvalue weighted by Crippen LogP contribution is -2.02. The molecule has 4 nitrogen and oxygen atoms in total. The van der Waals surface area contributed by atoms with E-state index in [0.29, 0.717) is 11.5 Å². The molecule has 0 amide bonds. The molecule has 1 heterocycles. The van der Waals surface area contributed by atoms with Crippen molar-refractivity contribution >= 4 is 17.6 Å². The zero-order chi connectivity index (χ0) is 15.6. The Hall–Kier alpha value is -2.62. The first-order valence-electron chi connectivity index (χ1n) is 6.75. The number of anilines is 1. The quantitative estimate of drug-likeness (QED) is 0.661. The standard InChI is InChI=1S/C17H20N4/c1-11(2)15(12(3)18)10-16-13(4)20-21(17(16)19)14-8-6-5-7-9-14/h5-10,18H,1,19H2,2-4H3/b15-10-,18-12?. The Kier molecular flexibility index (Phi) is 4.08. The van der Waals surface area contributed by atoms with Gasteiger partial charge in [-0.3, -0.25) is 0 Å². The number of nitrogens with two attached hydrogens (primary N) is 1. The monoisotopic (exact) mass is 280 g/mol. The molecule has 0 aliphatic carbocycles. The topological polar surface area (TPSA) is 67.7 Å². The van der Waals surface area contributed by atoms with E-state index in [9.17, 15) is 0 Å². The molecular formula is C17H20N4. The van der Waals surface area contributed by atoms with Gasteiger partial charge in [0.15, 0.2) is 0 Å². The largest absolute Gasteiger partial charge is 0.383 e. The Balaban J connectivity index is 2.57. The van der Waals surface area contributed by atoms with Gasteiger partial charge in [0.1, 0.15) is 5.82 Å². The van der Waals surface area contributed by atoms with Gasteiger partial charge in [0.25, 0.3) is 0 Å². The molecule has 0 unspecified atom stereocenters. The van der Waals surface area contributed by atoms with Crippen molar-refractivity contribution in [1.29, 1.82) is 5.41 Å². The van der Waals surface area contributed by atoms with Crippen molar-refractivity contribution in [1.82, 2.24) is 9.78 Å². The third-order valence-corrected chi connectivity index (χ3v) is 3.30. The molecule has 0 aliphatic heterocycles. The maximum atomic E-state index is 7.85. The SMILES string of the molecule is C=C(C)/C(=C/c1c(C)nn(-c2ccccc2)c1N)C(C)=N. The lowest BCUT2D eigenvalue weighted by Gasteiger charge is -2.06. The minimum Gasteiger partial charge on any atom is -0.383 e. The Bertz CT molecular complexity index is 705. The zero-order valence-electron chi connectivity index (χ0n) is 12.6. The van der Waals surface area contributed by atoms with Crippen LogP contribution in [-0.4, -0.2) is 15.5 Å². The highest BCUT2D eigenvalue weighted by Crippen LogP contribution is 2.25. The van der Waals surface area contributed by atoms with E-state index < -0.39 is 0 Å². The summed E-state index contributed by atoms with van der Waals surface area (Å²) < 4.78 is 1.72. The molecule has 1 aromatic carbocycles. The number of hydrogen-bond acceptors (Lipinski definition) is 3. The van der Waals surface area contributed by atoms with Crippen LogP contribution in [0.3, 0.4) is 0 Å². The van der Waals surface area contributed by atoms with Gasteiger partial charge in [0.2, 0.25) is 0 Å². The highest BCUT2D eigenvalue weighted by atomic mass is 15.3. The van der Waals surface area contributed by atoms with Crippen molar-refractivity contribution in [3.05, 3.63) is 59.3 Å². The van der Waals surface area contributed by atoms with E-state index in [2.05, 4.69) is 11.7 Å². The second kappa shape index (κ2) is 5.79. The van der Waals surface area contributed by atoms with Gasteiger partial charge in [-0.15, -0.1) is 0 Å². The number of hydrogen-bond donors (Lipinski definition) is 2. The summed E-state index contributed by atoms with van der Waals surface area (Å²) in [4.78, 5) is 0. The molecule has 108 valence electrons. The Morgan fingerprint density at radius 2 is 1.90 bits per heavy atom. The summed E-state index contributed by atoms with van der Waals surface area (Å²) in [6.07, 6.45) is 1.89. The van der Waals surface area contributed by atoms with Crippen LogP contribution in [0, 0.1) is 12.3 Å². The van der Waals surface area contributed by atoms with E-state index in [0.717, 1.165) is 28.1 Å². The number of nitrogen functional groups attached to an aromatic ring is 1. The van der Waals surface area contributed by atoms with Crippen molar-refractivity contribution in [3.63, 3.8) is 0 Å². The Labute approximate surface area is 125 Å². The molecule has 0 bridgehead atoms. The Morgan fingerprint density at radius 1 is 1.29 bits per heavy atom. The lowest BCUT2D eigenvalue weighted by atomic mass is 10.0. The molecule has 0 atom stereocenters. The molecule has 0 saturated carbocycles. The second-order valence-electron chi connectivity index (χ2n) is 5.10. The molecule has 2 rings (SSSR count). The van der Waals surface area contributed by atoms with Gasteiger partial charge < -0.3 is 11.1 Å². The van der Waals surface area contributed by atoms with Crippen molar-refractivity contribution in [2.45, 2.75) is 20.8 Å². The van der Waals surface area contributed by atoms with Crippen LogP contribution in [0.15, 0.2) is 48.1 Å². The van der Waals surface area contributed by atoms with E-state index in [1.165, 1.54) is 0 Å². The van der Waals surface area contributed by atoms with Crippen LogP contribution in [0.5, 0.6) is 0 Å². The number of allylic oxidation sites excluding steroid dienone is 2. The average molecular weight is 280 g/mol. The fraction of sp³-hybridized carbons (Fsp3) is 0.176. The molecular weight excluding hydrogens is 260 g/mol. The van der Waals surface area contributed by atoms with Gasteiger partial charge in [-0.05, 0) is 50.1 Å². The average Bonchev–Trinajstić information content (AvgIpc) is 2.72. The maximum Gasteiger partial charge on any atom is 0.134 e. The fourth-order valence-electron chi connectivity index (χ4n) is 2.20. The number of aryl methyl sites for hydroxylation is 1. The maximum absolute atomic E-state index is 7.85. The number of nitrogens with zero attached hydrogens (tertiary/aromatic N) is 2. The van der Waals surface area contributed by atoms with Gasteiger partial charge in [0, 0.05) is 11.3 Å². The number of aromatic nitrogens is 2. The molecule has 0 saturated heterocycles. The van der Waals surface area contributed by atoms with Crippen LogP contribution in [0.25, 0.3) is 11.8 Å². The van der Waals surface area contributed by atoms with E-state index in [1.54, 1.807) is 11.6 Å². The molecule has 3 N–H and O–H groups in total. The molecule has 0 spiro atoms. The predicted molar refractivity (Wildman–Crippen MR) is 88.9 cm³/mol. The van der Waals surface area contributed by atoms with Crippen LogP contribution in [-0.2, 0) is 0 Å². The normalized spacial score (nSPS) is 11.5. The predicted octanol–water partition coefficient (Wildman–Crippen LogP) is 3.76. The van der Waals surface area contributed by atoms with E-state index in [-0.39, 0.29) is 0 Å². The van der Waals surface area contributed by atoms with E-state index in [1.807, 2.05) is 50.3 Å². The van der Waals surface area contributed by atoms with Crippen molar-refractivity contribution in [2.24, 2.45) is 0 Å². The first-order valence-corrected chi connectivity index (χ1v) is 6.75. The van der Waals surface area contributed by atoms with Gasteiger partial charge in [-0.1, -0.05) is 24.8 Å². The second-order valence-corrected chi connectivity index (χ2v) is 5.10. The van der Waals surface area contributed by atoms with Gasteiger partial charge in [0.05, 0.1) is 11.4 Å². The first kappa shape index (κ1) is 14.8. The minimum atomic E-state index is 0.466. The molecule has 0 radical (unpaired) electrons. The Morgan fingerprint density at radius 3 is 2.43 bits per heavy atom. The summed E-state index contributed by atoms with van der Waals surface area (Å²) in [5.74, 6) is 0.568. The van der Waals surface area contributed by atoms with Crippen LogP contribution in [0.4, 0.5) is 5.82 Å². The number of benzene rings is 1. The fourth-order valence-corrected chi connectivity index (χ4v) is 2.20. The minimum absolute atomic E-state index is 0.466. The smallest absolute Gasteiger partial charge is 0.134 e. The van der Waals surface area contributed by atoms with Gasteiger partial charge in [-0.25, -0.2) is 4.68 Å². The lowest BCUT2D eigenvalue weighted by molar-refractivity contribution is 0.872. The summed E-state index contributed by atoms with van der Waals surface area (Å²) in [5.41, 5.74) is 10.9. The summed E-state index contributed by atoms with van der Waals surface area (Å²) in [6.45, 7) is 9.46. The van der Waals surface area contributed by atoms with Crippen LogP contribution in [0.1, 0.15) is 25.1 Å². The summed E-state index contributed by atoms with van der Waals surface area (Å²) in [6, 6.07) is 9.76. The van der Waals surface area contributed by atoms with Crippen molar-refractivity contribution < 1.29 is 0 Å². The number of nitrogens with one attached hydrogen (secondary N) is 1. The number of para-hydroxylation sites is 1. The molecule has 4 heteroatoms. The third-order valence-electron chi connectivity index (χ3n) is 3.30. The van der Waals surface area contributed by atoms with E-state index >= 15 is 0 Å². The molecule has 1 aromatic heterocycles. The summed E-state index contributed by atoms with van der Waals surface area (Å²) >= 11 is 0. The molecule has 2 aromatic rings. The molecule has 0 aliphatic rings. The van der Waals surface area contributed by atoms with Gasteiger partial charge in [-0.2, -0.15) is 5.10 Å². The first-order chi connectivity index (χ1) is 9.91. The summed E-state index contributed by atoms with van der Waals surface area (Å²) in [7, 11) is 0. The van der Waals surface area contributed by atoms with Gasteiger partial charge >= 0.3 is 0 Å². The highest BCUT2D eigenvalue weighted by molar-refractivity contribution is 6.04. The van der Waals surface area contributed by atoms with Crippen LogP contribution in [0.2, 0.25) is 0 Å². The number of rotatable bonds is 4. The molecule has 0 fully saturated rings. The van der Waals surface area contributed by atoms with Crippen LogP contribution >= 0.6 is 0 Å². The molecule has 21 heavy (non-hydrogen) atoms. The highest BCUT2D eigenvalue weighted by Gasteiger charge is 2.13. The third kappa shape index (κ3) is 2.94. The zero-order valence-corrected chi connectivity index (χ0v) is 12.6. The van der Waals surface area contributed by atoms with Crippen LogP contribution < -0.4 is 5.73 Å². The summed E-state index contributed by atoms with van der Waals surface area (Å²) in [5, 5.41) is 12.3. The van der Waals surface area contributed by atoms with E-state index in [4.69, 9.17) is 11.1 Å². The van der Waals surface area contributed by atoms with Crippen molar-refractivity contribution in [3.8, 4) is 5.69 Å². The van der Waals surface area contributed by atoms with Crippen molar-refractivity contribution in [2.75, 3.05) is 5.73 Å².